The van der Waals surface area contributed by atoms with Crippen molar-refractivity contribution < 1.29 is 23.7 Å². The van der Waals surface area contributed by atoms with Gasteiger partial charge in [0, 0.05) is 12.1 Å². The minimum Gasteiger partial charge on any atom is -0.458 e. The Kier molecular flexibility index (Phi) is 9.72. The number of benzene rings is 1. The number of nitrogens with zero attached hydrogens (tertiary/aromatic N) is 2. The summed E-state index contributed by atoms with van der Waals surface area (Å²) in [6.07, 6.45) is 6.33. The highest BCUT2D eigenvalue weighted by molar-refractivity contribution is 9.10. The number of carbonyl (C=O) groups is 1. The highest BCUT2D eigenvalue weighted by Gasteiger charge is 2.33. The van der Waals surface area contributed by atoms with Crippen LogP contribution < -0.4 is 0 Å². The Balaban J connectivity index is 1.34. The molecule has 4 rings (SSSR count). The molecule has 1 aromatic heterocycles. The minimum absolute atomic E-state index is 0.0249. The Labute approximate surface area is 235 Å². The van der Waals surface area contributed by atoms with E-state index in [4.69, 9.17) is 24.0 Å². The lowest BCUT2D eigenvalue weighted by Gasteiger charge is -2.29. The molecule has 210 valence electrons. The highest BCUT2D eigenvalue weighted by atomic mass is 79.9. The fourth-order valence-corrected chi connectivity index (χ4v) is 6.06. The van der Waals surface area contributed by atoms with Crippen LogP contribution >= 0.6 is 15.9 Å². The summed E-state index contributed by atoms with van der Waals surface area (Å²) >= 11 is 3.89. The van der Waals surface area contributed by atoms with E-state index < -0.39 is 11.4 Å². The summed E-state index contributed by atoms with van der Waals surface area (Å²) in [7, 11) is 0. The molecule has 0 radical (unpaired) electrons. The summed E-state index contributed by atoms with van der Waals surface area (Å²) in [4.78, 5) is 11.9. The van der Waals surface area contributed by atoms with Gasteiger partial charge < -0.3 is 18.9 Å². The summed E-state index contributed by atoms with van der Waals surface area (Å²) in [6.45, 7) is 11.7. The van der Waals surface area contributed by atoms with Crippen LogP contribution in [0.15, 0.2) is 34.8 Å². The van der Waals surface area contributed by atoms with Crippen molar-refractivity contribution in [3.05, 3.63) is 40.5 Å². The van der Waals surface area contributed by atoms with Crippen LogP contribution in [0.1, 0.15) is 72.4 Å². The van der Waals surface area contributed by atoms with Gasteiger partial charge in [0.15, 0.2) is 5.79 Å². The zero-order valence-corrected chi connectivity index (χ0v) is 25.1. The van der Waals surface area contributed by atoms with Gasteiger partial charge in [0.25, 0.3) is 0 Å². The molecule has 1 aliphatic heterocycles. The van der Waals surface area contributed by atoms with Crippen molar-refractivity contribution in [2.75, 3.05) is 19.8 Å². The summed E-state index contributed by atoms with van der Waals surface area (Å²) in [6, 6.07) is 10.4. The van der Waals surface area contributed by atoms with E-state index in [9.17, 15) is 4.79 Å². The first-order valence-corrected chi connectivity index (χ1v) is 14.7. The molecular formula is C30H43BrN2O5. The predicted molar refractivity (Wildman–Crippen MR) is 151 cm³/mol. The lowest BCUT2D eigenvalue weighted by molar-refractivity contribution is -0.160. The van der Waals surface area contributed by atoms with Gasteiger partial charge in [-0.1, -0.05) is 30.3 Å². The maximum atomic E-state index is 11.9. The molecule has 1 unspecified atom stereocenters. The van der Waals surface area contributed by atoms with E-state index >= 15 is 0 Å². The van der Waals surface area contributed by atoms with E-state index in [1.54, 1.807) is 0 Å². The second-order valence-electron chi connectivity index (χ2n) is 12.1. The Morgan fingerprint density at radius 3 is 2.45 bits per heavy atom. The van der Waals surface area contributed by atoms with Crippen LogP contribution in [-0.2, 0) is 36.7 Å². The maximum Gasteiger partial charge on any atom is 0.332 e. The van der Waals surface area contributed by atoms with Gasteiger partial charge in [-0.3, -0.25) is 4.68 Å². The summed E-state index contributed by atoms with van der Waals surface area (Å²) in [5, 5.41) is 5.09. The fraction of sp³-hybridized carbons (Fsp3) is 0.667. The molecule has 2 aromatic rings. The lowest BCUT2D eigenvalue weighted by Crippen LogP contribution is -2.28. The number of hydrogen-bond acceptors (Lipinski definition) is 6. The van der Waals surface area contributed by atoms with Crippen molar-refractivity contribution in [2.24, 2.45) is 11.8 Å². The molecule has 38 heavy (non-hydrogen) atoms. The van der Waals surface area contributed by atoms with Crippen LogP contribution in [-0.4, -0.2) is 53.1 Å². The number of hydrogen-bond donors (Lipinski definition) is 0. The third-order valence-electron chi connectivity index (χ3n) is 7.20. The molecule has 0 N–H and O–H groups in total. The third kappa shape index (κ3) is 8.38. The van der Waals surface area contributed by atoms with Gasteiger partial charge in [-0.25, -0.2) is 4.79 Å². The van der Waals surface area contributed by atoms with Gasteiger partial charge in [-0.05, 0) is 101 Å². The van der Waals surface area contributed by atoms with Crippen LogP contribution in [0.5, 0.6) is 0 Å². The van der Waals surface area contributed by atoms with Crippen molar-refractivity contribution in [3.8, 4) is 11.3 Å². The maximum absolute atomic E-state index is 11.9. The van der Waals surface area contributed by atoms with Gasteiger partial charge in [-0.2, -0.15) is 5.10 Å². The molecule has 1 saturated carbocycles. The van der Waals surface area contributed by atoms with E-state index in [2.05, 4.69) is 44.9 Å². The van der Waals surface area contributed by atoms with Crippen LogP contribution in [0.2, 0.25) is 0 Å². The molecule has 2 fully saturated rings. The normalized spacial score (nSPS) is 23.5. The molecule has 7 nitrogen and oxygen atoms in total. The fourth-order valence-electron chi connectivity index (χ4n) is 5.35. The van der Waals surface area contributed by atoms with Crippen molar-refractivity contribution in [1.29, 1.82) is 0 Å². The average Bonchev–Trinajstić information content (AvgIpc) is 3.36. The summed E-state index contributed by atoms with van der Waals surface area (Å²) < 4.78 is 26.2. The highest BCUT2D eigenvalue weighted by Crippen LogP contribution is 2.35. The molecular weight excluding hydrogens is 548 g/mol. The molecule has 1 aromatic carbocycles. The smallest absolute Gasteiger partial charge is 0.332 e. The largest absolute Gasteiger partial charge is 0.458 e. The van der Waals surface area contributed by atoms with Gasteiger partial charge in [-0.15, -0.1) is 0 Å². The molecule has 1 atom stereocenters. The van der Waals surface area contributed by atoms with Gasteiger partial charge in [0.2, 0.25) is 0 Å². The van der Waals surface area contributed by atoms with Crippen molar-refractivity contribution in [3.63, 3.8) is 0 Å². The van der Waals surface area contributed by atoms with E-state index in [1.165, 1.54) is 5.69 Å². The van der Waals surface area contributed by atoms with Crippen LogP contribution in [0, 0.1) is 11.8 Å². The van der Waals surface area contributed by atoms with Crippen LogP contribution in [0.4, 0.5) is 0 Å². The Morgan fingerprint density at radius 2 is 1.82 bits per heavy atom. The quantitative estimate of drug-likeness (QED) is 0.292. The molecule has 8 heteroatoms. The van der Waals surface area contributed by atoms with Gasteiger partial charge in [0.1, 0.15) is 17.9 Å². The number of rotatable bonds is 10. The Morgan fingerprint density at radius 1 is 1.13 bits per heavy atom. The second-order valence-corrected chi connectivity index (χ2v) is 12.9. The van der Waals surface area contributed by atoms with Crippen LogP contribution in [0.25, 0.3) is 11.3 Å². The number of carbonyl (C=O) groups excluding carboxylic acids is 1. The van der Waals surface area contributed by atoms with E-state index in [1.807, 2.05) is 40.7 Å². The molecule has 2 aliphatic rings. The summed E-state index contributed by atoms with van der Waals surface area (Å²) in [5.74, 6) is 0.249. The molecule has 0 amide bonds. The van der Waals surface area contributed by atoms with E-state index in [0.717, 1.165) is 60.8 Å². The molecule has 0 bridgehead atoms. The minimum atomic E-state index is -0.507. The molecule has 0 spiro atoms. The van der Waals surface area contributed by atoms with Crippen LogP contribution in [0.3, 0.4) is 0 Å². The monoisotopic (exact) mass is 590 g/mol. The van der Waals surface area contributed by atoms with Crippen molar-refractivity contribution in [2.45, 2.75) is 97.2 Å². The van der Waals surface area contributed by atoms with Crippen molar-refractivity contribution >= 4 is 21.9 Å². The Hall–Kier alpha value is -1.74. The number of esters is 1. The third-order valence-corrected chi connectivity index (χ3v) is 8.04. The average molecular weight is 592 g/mol. The summed E-state index contributed by atoms with van der Waals surface area (Å²) in [5.41, 5.74) is 2.86. The zero-order valence-electron chi connectivity index (χ0n) is 23.5. The number of ether oxygens (including phenoxy) is 4. The molecule has 1 aliphatic carbocycles. The number of halogens is 1. The first-order valence-electron chi connectivity index (χ1n) is 13.9. The lowest BCUT2D eigenvalue weighted by atomic mass is 9.82. The first-order chi connectivity index (χ1) is 18.0. The van der Waals surface area contributed by atoms with E-state index in [0.29, 0.717) is 25.0 Å². The van der Waals surface area contributed by atoms with Crippen molar-refractivity contribution in [1.82, 2.24) is 9.78 Å². The molecule has 1 saturated heterocycles. The van der Waals surface area contributed by atoms with Gasteiger partial charge >= 0.3 is 5.97 Å². The first kappa shape index (κ1) is 29.2. The Bertz CT molecular complexity index is 1050. The van der Waals surface area contributed by atoms with E-state index in [-0.39, 0.29) is 18.7 Å². The number of aromatic nitrogens is 2. The standard InChI is InChI=1S/C30H43BrN2O5/c1-29(2,3)38-26(34)20-35-18-22-13-11-21(12-14-22)17-33-25(16-15-24-19-36-30(4,5)37-24)27(31)28(32-33)23-9-7-6-8-10-23/h6-10,21-22,24H,11-20H2,1-5H3. The SMILES string of the molecule is CC(C)(C)OC(=O)COCC1CCC(Cn2nc(-c3ccccc3)c(Br)c2CCC2COC(C)(C)O2)CC1. The predicted octanol–water partition coefficient (Wildman–Crippen LogP) is 6.56. The zero-order chi connectivity index (χ0) is 27.3. The molecule has 2 heterocycles. The second kappa shape index (κ2) is 12.6. The van der Waals surface area contributed by atoms with Gasteiger partial charge in [0.05, 0.1) is 29.5 Å². The topological polar surface area (TPSA) is 71.8 Å².